The second-order valence-electron chi connectivity index (χ2n) is 4.91. The third kappa shape index (κ3) is 2.50. The molecule has 5 nitrogen and oxygen atoms in total. The molecule has 1 fully saturated rings. The molecular formula is C14H15N3O2. The van der Waals surface area contributed by atoms with E-state index in [1.807, 2.05) is 30.3 Å². The Kier molecular flexibility index (Phi) is 3.03. The molecule has 1 N–H and O–H groups in total. The molecule has 0 saturated heterocycles. The van der Waals surface area contributed by atoms with Gasteiger partial charge in [0.25, 0.3) is 0 Å². The van der Waals surface area contributed by atoms with Crippen LogP contribution < -0.4 is 0 Å². The summed E-state index contributed by atoms with van der Waals surface area (Å²) in [6.07, 6.45) is 4.15. The number of hydrogen-bond donors (Lipinski definition) is 1. The van der Waals surface area contributed by atoms with Gasteiger partial charge in [0.2, 0.25) is 0 Å². The van der Waals surface area contributed by atoms with Gasteiger partial charge < -0.3 is 9.67 Å². The highest BCUT2D eigenvalue weighted by molar-refractivity contribution is 5.72. The van der Waals surface area contributed by atoms with Crippen LogP contribution in [0.4, 0.5) is 0 Å². The van der Waals surface area contributed by atoms with Crippen molar-refractivity contribution < 1.29 is 9.90 Å². The Balaban J connectivity index is 1.88. The fourth-order valence-corrected chi connectivity index (χ4v) is 2.27. The van der Waals surface area contributed by atoms with Gasteiger partial charge >= 0.3 is 5.97 Å². The molecule has 0 aliphatic heterocycles. The van der Waals surface area contributed by atoms with Crippen LogP contribution in [0.2, 0.25) is 0 Å². The zero-order chi connectivity index (χ0) is 13.2. The van der Waals surface area contributed by atoms with Gasteiger partial charge in [-0.1, -0.05) is 30.3 Å². The minimum Gasteiger partial charge on any atom is -0.480 e. The Morgan fingerprint density at radius 3 is 2.74 bits per heavy atom. The molecule has 1 aliphatic carbocycles. The summed E-state index contributed by atoms with van der Waals surface area (Å²) in [5, 5.41) is 17.4. The Morgan fingerprint density at radius 1 is 1.37 bits per heavy atom. The molecule has 3 rings (SSSR count). The maximum Gasteiger partial charge on any atom is 0.327 e. The van der Waals surface area contributed by atoms with Crippen LogP contribution in [0.15, 0.2) is 36.7 Å². The van der Waals surface area contributed by atoms with Gasteiger partial charge in [-0.3, -0.25) is 0 Å². The summed E-state index contributed by atoms with van der Waals surface area (Å²) in [6, 6.07) is 9.01. The monoisotopic (exact) mass is 257 g/mol. The molecule has 1 aromatic heterocycles. The number of aromatic nitrogens is 3. The summed E-state index contributed by atoms with van der Waals surface area (Å²) in [4.78, 5) is 11.5. The minimum atomic E-state index is -0.842. The highest BCUT2D eigenvalue weighted by Crippen LogP contribution is 2.39. The van der Waals surface area contributed by atoms with Gasteiger partial charge in [0.15, 0.2) is 0 Å². The van der Waals surface area contributed by atoms with Crippen LogP contribution in [0, 0.1) is 0 Å². The number of rotatable bonds is 5. The second kappa shape index (κ2) is 4.84. The van der Waals surface area contributed by atoms with Crippen LogP contribution >= 0.6 is 0 Å². The van der Waals surface area contributed by atoms with Crippen molar-refractivity contribution in [2.45, 2.75) is 31.2 Å². The maximum atomic E-state index is 11.5. The summed E-state index contributed by atoms with van der Waals surface area (Å²) in [6.45, 7) is 0. The van der Waals surface area contributed by atoms with E-state index in [1.165, 1.54) is 6.33 Å². The Morgan fingerprint density at radius 2 is 2.11 bits per heavy atom. The smallest absolute Gasteiger partial charge is 0.327 e. The second-order valence-corrected chi connectivity index (χ2v) is 4.91. The van der Waals surface area contributed by atoms with Crippen LogP contribution in [0.5, 0.6) is 0 Å². The molecule has 98 valence electrons. The first-order valence-electron chi connectivity index (χ1n) is 6.42. The lowest BCUT2D eigenvalue weighted by Gasteiger charge is -2.15. The van der Waals surface area contributed by atoms with Gasteiger partial charge in [-0.2, -0.15) is 0 Å². The lowest BCUT2D eigenvalue weighted by Crippen LogP contribution is -2.22. The topological polar surface area (TPSA) is 68.0 Å². The van der Waals surface area contributed by atoms with Crippen LogP contribution in [0.3, 0.4) is 0 Å². The molecule has 1 unspecified atom stereocenters. The van der Waals surface area contributed by atoms with E-state index in [0.717, 1.165) is 24.2 Å². The Hall–Kier alpha value is -2.17. The zero-order valence-electron chi connectivity index (χ0n) is 10.4. The molecule has 1 aliphatic rings. The summed E-state index contributed by atoms with van der Waals surface area (Å²) in [7, 11) is 0. The average molecular weight is 257 g/mol. The quantitative estimate of drug-likeness (QED) is 0.889. The third-order valence-corrected chi connectivity index (χ3v) is 3.44. The summed E-state index contributed by atoms with van der Waals surface area (Å²) in [5.41, 5.74) is 1.00. The Labute approximate surface area is 110 Å². The van der Waals surface area contributed by atoms with E-state index in [1.54, 1.807) is 4.57 Å². The van der Waals surface area contributed by atoms with Gasteiger partial charge in [-0.15, -0.1) is 10.2 Å². The van der Waals surface area contributed by atoms with Crippen LogP contribution in [0.25, 0.3) is 0 Å². The predicted molar refractivity (Wildman–Crippen MR) is 68.8 cm³/mol. The van der Waals surface area contributed by atoms with Crippen LogP contribution in [-0.4, -0.2) is 25.8 Å². The van der Waals surface area contributed by atoms with E-state index in [0.29, 0.717) is 12.3 Å². The number of carbonyl (C=O) groups is 1. The normalized spacial score (nSPS) is 16.2. The average Bonchev–Trinajstić information content (AvgIpc) is 3.15. The standard InChI is InChI=1S/C14H15N3O2/c18-14(19)12(8-10-4-2-1-3-5-10)17-9-15-16-13(17)11-6-7-11/h1-5,9,11-12H,6-8H2,(H,18,19). The molecule has 5 heteroatoms. The van der Waals surface area contributed by atoms with E-state index < -0.39 is 12.0 Å². The summed E-state index contributed by atoms with van der Waals surface area (Å²) >= 11 is 0. The Bertz CT molecular complexity index is 575. The largest absolute Gasteiger partial charge is 0.480 e. The number of carboxylic acids is 1. The first kappa shape index (κ1) is 11.9. The van der Waals surface area contributed by atoms with Crippen molar-refractivity contribution in [1.29, 1.82) is 0 Å². The first-order chi connectivity index (χ1) is 9.25. The first-order valence-corrected chi connectivity index (χ1v) is 6.42. The van der Waals surface area contributed by atoms with E-state index in [2.05, 4.69) is 10.2 Å². The molecule has 0 spiro atoms. The molecule has 0 amide bonds. The van der Waals surface area contributed by atoms with Gasteiger partial charge in [0.1, 0.15) is 18.2 Å². The van der Waals surface area contributed by atoms with Gasteiger partial charge in [-0.05, 0) is 18.4 Å². The lowest BCUT2D eigenvalue weighted by atomic mass is 10.1. The number of benzene rings is 1. The number of nitrogens with zero attached hydrogens (tertiary/aromatic N) is 3. The van der Waals surface area contributed by atoms with Crippen molar-refractivity contribution in [3.05, 3.63) is 48.0 Å². The molecule has 1 atom stereocenters. The molecule has 1 saturated carbocycles. The summed E-state index contributed by atoms with van der Waals surface area (Å²) in [5.74, 6) is 0.356. The molecule has 19 heavy (non-hydrogen) atoms. The van der Waals surface area contributed by atoms with Crippen molar-refractivity contribution in [2.75, 3.05) is 0 Å². The molecule has 1 heterocycles. The zero-order valence-corrected chi connectivity index (χ0v) is 10.4. The highest BCUT2D eigenvalue weighted by Gasteiger charge is 2.32. The van der Waals surface area contributed by atoms with Crippen molar-refractivity contribution >= 4 is 5.97 Å². The minimum absolute atomic E-state index is 0.389. The fourth-order valence-electron chi connectivity index (χ4n) is 2.27. The molecule has 0 bridgehead atoms. The number of aliphatic carboxylic acids is 1. The van der Waals surface area contributed by atoms with Crippen molar-refractivity contribution in [3.63, 3.8) is 0 Å². The number of carboxylic acid groups (broad SMARTS) is 1. The van der Waals surface area contributed by atoms with Crippen molar-refractivity contribution in [2.24, 2.45) is 0 Å². The van der Waals surface area contributed by atoms with Crippen LogP contribution in [0.1, 0.15) is 36.2 Å². The van der Waals surface area contributed by atoms with E-state index in [4.69, 9.17) is 0 Å². The maximum absolute atomic E-state index is 11.5. The van der Waals surface area contributed by atoms with Crippen molar-refractivity contribution in [3.8, 4) is 0 Å². The van der Waals surface area contributed by atoms with Gasteiger partial charge in [0, 0.05) is 12.3 Å². The predicted octanol–water partition coefficient (Wildman–Crippen LogP) is 2.02. The highest BCUT2D eigenvalue weighted by atomic mass is 16.4. The third-order valence-electron chi connectivity index (χ3n) is 3.44. The SMILES string of the molecule is O=C(O)C(Cc1ccccc1)n1cnnc1C1CC1. The summed E-state index contributed by atoms with van der Waals surface area (Å²) < 4.78 is 1.72. The van der Waals surface area contributed by atoms with E-state index in [-0.39, 0.29) is 0 Å². The van der Waals surface area contributed by atoms with Crippen molar-refractivity contribution in [1.82, 2.24) is 14.8 Å². The fraction of sp³-hybridized carbons (Fsp3) is 0.357. The molecule has 2 aromatic rings. The van der Waals surface area contributed by atoms with Gasteiger partial charge in [0.05, 0.1) is 0 Å². The van der Waals surface area contributed by atoms with Gasteiger partial charge in [-0.25, -0.2) is 4.79 Å². The molecule has 1 aromatic carbocycles. The van der Waals surface area contributed by atoms with E-state index >= 15 is 0 Å². The lowest BCUT2D eigenvalue weighted by molar-refractivity contribution is -0.140. The van der Waals surface area contributed by atoms with Crippen LogP contribution in [-0.2, 0) is 11.2 Å². The van der Waals surface area contributed by atoms with E-state index in [9.17, 15) is 9.90 Å². The molecule has 0 radical (unpaired) electrons. The molecular weight excluding hydrogens is 242 g/mol. The number of hydrogen-bond acceptors (Lipinski definition) is 3.